The van der Waals surface area contributed by atoms with E-state index in [0.29, 0.717) is 35.1 Å². The topological polar surface area (TPSA) is 66.1 Å². The zero-order chi connectivity index (χ0) is 20.4. The van der Waals surface area contributed by atoms with Gasteiger partial charge in [0.25, 0.3) is 5.56 Å². The summed E-state index contributed by atoms with van der Waals surface area (Å²) in [4.78, 5) is 33.7. The zero-order valence-electron chi connectivity index (χ0n) is 15.8. The maximum Gasteiger partial charge on any atom is 0.258 e. The number of H-pyrrole nitrogens is 1. The van der Waals surface area contributed by atoms with E-state index in [0.717, 1.165) is 18.9 Å². The van der Waals surface area contributed by atoms with E-state index in [1.165, 1.54) is 12.1 Å². The predicted octanol–water partition coefficient (Wildman–Crippen LogP) is 3.72. The lowest BCUT2D eigenvalue weighted by Crippen LogP contribution is -2.32. The standard InChI is InChI=1S/C22H21F2N3O2/c23-15-9-8-14(18(24)12-15)13-27(16-10-11-16)21(28)7-3-6-20-25-19-5-2-1-4-17(19)22(29)26-20/h1-2,4-5,8-9,12,16H,3,6-7,10-11,13H2,(H,25,26,29). The molecule has 1 saturated carbocycles. The van der Waals surface area contributed by atoms with Crippen LogP contribution in [0.3, 0.4) is 0 Å². The fraction of sp³-hybridized carbons (Fsp3) is 0.318. The number of hydrogen-bond donors (Lipinski definition) is 1. The number of hydrogen-bond acceptors (Lipinski definition) is 3. The fourth-order valence-electron chi connectivity index (χ4n) is 3.44. The number of rotatable bonds is 7. The van der Waals surface area contributed by atoms with Gasteiger partial charge in [0.2, 0.25) is 5.91 Å². The van der Waals surface area contributed by atoms with Gasteiger partial charge in [0.15, 0.2) is 0 Å². The van der Waals surface area contributed by atoms with E-state index in [1.807, 2.05) is 6.07 Å². The number of aromatic nitrogens is 2. The highest BCUT2D eigenvalue weighted by molar-refractivity contribution is 5.77. The van der Waals surface area contributed by atoms with Crippen molar-refractivity contribution in [3.8, 4) is 0 Å². The third-order valence-corrected chi connectivity index (χ3v) is 5.13. The van der Waals surface area contributed by atoms with Crippen LogP contribution in [0.2, 0.25) is 0 Å². The van der Waals surface area contributed by atoms with Crippen molar-refractivity contribution in [2.24, 2.45) is 0 Å². The Morgan fingerprint density at radius 1 is 1.17 bits per heavy atom. The first-order chi connectivity index (χ1) is 14.0. The van der Waals surface area contributed by atoms with Gasteiger partial charge in [-0.05, 0) is 37.5 Å². The van der Waals surface area contributed by atoms with Gasteiger partial charge < -0.3 is 9.88 Å². The van der Waals surface area contributed by atoms with Crippen molar-refractivity contribution in [2.75, 3.05) is 0 Å². The van der Waals surface area contributed by atoms with Crippen LogP contribution >= 0.6 is 0 Å². The Balaban J connectivity index is 1.39. The number of carbonyl (C=O) groups excluding carboxylic acids is 1. The van der Waals surface area contributed by atoms with Gasteiger partial charge in [0.05, 0.1) is 10.9 Å². The molecule has 1 aromatic heterocycles. The number of benzene rings is 2. The zero-order valence-corrected chi connectivity index (χ0v) is 15.8. The molecule has 3 aromatic rings. The molecule has 150 valence electrons. The second-order valence-corrected chi connectivity index (χ2v) is 7.37. The van der Waals surface area contributed by atoms with Gasteiger partial charge >= 0.3 is 0 Å². The van der Waals surface area contributed by atoms with E-state index in [4.69, 9.17) is 0 Å². The summed E-state index contributed by atoms with van der Waals surface area (Å²) in [5.74, 6) is -0.794. The lowest BCUT2D eigenvalue weighted by atomic mass is 10.1. The Morgan fingerprint density at radius 2 is 1.97 bits per heavy atom. The molecule has 29 heavy (non-hydrogen) atoms. The highest BCUT2D eigenvalue weighted by Gasteiger charge is 2.32. The van der Waals surface area contributed by atoms with Crippen molar-refractivity contribution in [2.45, 2.75) is 44.7 Å². The average molecular weight is 397 g/mol. The summed E-state index contributed by atoms with van der Waals surface area (Å²) in [6, 6.07) is 10.7. The SMILES string of the molecule is O=C(CCCc1nc2ccccc2c(=O)[nH]1)N(Cc1ccc(F)cc1F)C1CC1. The molecule has 1 aliphatic rings. The van der Waals surface area contributed by atoms with Crippen molar-refractivity contribution in [1.82, 2.24) is 14.9 Å². The lowest BCUT2D eigenvalue weighted by Gasteiger charge is -2.23. The number of amides is 1. The summed E-state index contributed by atoms with van der Waals surface area (Å²) in [6.45, 7) is 0.140. The molecule has 0 spiro atoms. The number of nitrogens with zero attached hydrogens (tertiary/aromatic N) is 2. The number of carbonyl (C=O) groups is 1. The van der Waals surface area contributed by atoms with Gasteiger partial charge in [-0.1, -0.05) is 18.2 Å². The number of aryl methyl sites for hydroxylation is 1. The second kappa shape index (κ2) is 8.11. The van der Waals surface area contributed by atoms with Gasteiger partial charge in [0, 0.05) is 37.1 Å². The highest BCUT2D eigenvalue weighted by atomic mass is 19.1. The molecule has 7 heteroatoms. The van der Waals surface area contributed by atoms with E-state index in [1.54, 1.807) is 23.1 Å². The molecule has 2 aromatic carbocycles. The molecule has 0 aliphatic heterocycles. The van der Waals surface area contributed by atoms with Crippen LogP contribution < -0.4 is 5.56 Å². The van der Waals surface area contributed by atoms with Gasteiger partial charge in [-0.2, -0.15) is 0 Å². The molecule has 4 rings (SSSR count). The Labute approximate surface area is 166 Å². The van der Waals surface area contributed by atoms with E-state index >= 15 is 0 Å². The third-order valence-electron chi connectivity index (χ3n) is 5.13. The van der Waals surface area contributed by atoms with Crippen molar-refractivity contribution in [3.05, 3.63) is 75.8 Å². The maximum absolute atomic E-state index is 14.0. The largest absolute Gasteiger partial charge is 0.335 e. The summed E-state index contributed by atoms with van der Waals surface area (Å²) in [5, 5.41) is 0.536. The molecular formula is C22H21F2N3O2. The first-order valence-electron chi connectivity index (χ1n) is 9.72. The molecule has 1 heterocycles. The van der Waals surface area contributed by atoms with Crippen LogP contribution in [0.5, 0.6) is 0 Å². The minimum Gasteiger partial charge on any atom is -0.335 e. The number of halogens is 2. The molecule has 0 radical (unpaired) electrons. The normalized spacial score (nSPS) is 13.6. The van der Waals surface area contributed by atoms with Crippen LogP contribution in [-0.4, -0.2) is 26.8 Å². The molecule has 1 amide bonds. The van der Waals surface area contributed by atoms with E-state index in [9.17, 15) is 18.4 Å². The van der Waals surface area contributed by atoms with Gasteiger partial charge in [-0.25, -0.2) is 13.8 Å². The minimum atomic E-state index is -0.638. The molecule has 1 aliphatic carbocycles. The Hall–Kier alpha value is -3.09. The summed E-state index contributed by atoms with van der Waals surface area (Å²) in [7, 11) is 0. The van der Waals surface area contributed by atoms with Gasteiger partial charge in [0.1, 0.15) is 17.5 Å². The summed E-state index contributed by atoms with van der Waals surface area (Å²) < 4.78 is 27.1. The average Bonchev–Trinajstić information content (AvgIpc) is 3.52. The number of nitrogens with one attached hydrogen (secondary N) is 1. The monoisotopic (exact) mass is 397 g/mol. The van der Waals surface area contributed by atoms with Crippen molar-refractivity contribution in [1.29, 1.82) is 0 Å². The molecule has 0 saturated heterocycles. The molecule has 0 atom stereocenters. The van der Waals surface area contributed by atoms with Gasteiger partial charge in [-0.15, -0.1) is 0 Å². The fourth-order valence-corrected chi connectivity index (χ4v) is 3.44. The quantitative estimate of drug-likeness (QED) is 0.661. The van der Waals surface area contributed by atoms with Crippen LogP contribution in [0.4, 0.5) is 8.78 Å². The van der Waals surface area contributed by atoms with Crippen LogP contribution in [0, 0.1) is 11.6 Å². The maximum atomic E-state index is 14.0. The minimum absolute atomic E-state index is 0.0700. The van der Waals surface area contributed by atoms with E-state index in [-0.39, 0.29) is 30.5 Å². The molecule has 1 N–H and O–H groups in total. The molecule has 1 fully saturated rings. The smallest absolute Gasteiger partial charge is 0.258 e. The molecule has 0 unspecified atom stereocenters. The summed E-state index contributed by atoms with van der Waals surface area (Å²) in [5.41, 5.74) is 0.750. The number of para-hydroxylation sites is 1. The van der Waals surface area contributed by atoms with Crippen LogP contribution in [0.1, 0.15) is 37.1 Å². The summed E-state index contributed by atoms with van der Waals surface area (Å²) in [6.07, 6.45) is 3.06. The first kappa shape index (κ1) is 19.2. The van der Waals surface area contributed by atoms with E-state index in [2.05, 4.69) is 9.97 Å². The Bertz CT molecular complexity index is 1110. The summed E-state index contributed by atoms with van der Waals surface area (Å²) >= 11 is 0. The third kappa shape index (κ3) is 4.50. The lowest BCUT2D eigenvalue weighted by molar-refractivity contribution is -0.132. The molecule has 5 nitrogen and oxygen atoms in total. The van der Waals surface area contributed by atoms with Crippen molar-refractivity contribution in [3.63, 3.8) is 0 Å². The molecular weight excluding hydrogens is 376 g/mol. The first-order valence-corrected chi connectivity index (χ1v) is 9.72. The second-order valence-electron chi connectivity index (χ2n) is 7.37. The van der Waals surface area contributed by atoms with Crippen LogP contribution in [-0.2, 0) is 17.8 Å². The van der Waals surface area contributed by atoms with Crippen molar-refractivity contribution >= 4 is 16.8 Å². The van der Waals surface area contributed by atoms with Crippen molar-refractivity contribution < 1.29 is 13.6 Å². The van der Waals surface area contributed by atoms with E-state index < -0.39 is 11.6 Å². The van der Waals surface area contributed by atoms with Crippen LogP contribution in [0.15, 0.2) is 47.3 Å². The number of fused-ring (bicyclic) bond motifs is 1. The highest BCUT2D eigenvalue weighted by Crippen LogP contribution is 2.29. The van der Waals surface area contributed by atoms with Gasteiger partial charge in [-0.3, -0.25) is 9.59 Å². The predicted molar refractivity (Wildman–Crippen MR) is 105 cm³/mol. The Morgan fingerprint density at radius 3 is 2.72 bits per heavy atom. The Kier molecular flexibility index (Phi) is 5.38. The van der Waals surface area contributed by atoms with Crippen LogP contribution in [0.25, 0.3) is 10.9 Å². The number of aromatic amines is 1. The molecule has 0 bridgehead atoms.